The molecule has 0 saturated heterocycles. The first-order valence-electron chi connectivity index (χ1n) is 4.55. The van der Waals surface area contributed by atoms with Crippen LogP contribution in [0.5, 0.6) is 5.75 Å². The molecule has 0 aromatic heterocycles. The zero-order valence-corrected chi connectivity index (χ0v) is 7.53. The summed E-state index contributed by atoms with van der Waals surface area (Å²) in [5.74, 6) is 1.80. The van der Waals surface area contributed by atoms with Gasteiger partial charge < -0.3 is 4.74 Å². The third-order valence-corrected chi connectivity index (χ3v) is 2.31. The minimum atomic E-state index is 0.881. The Balaban J connectivity index is 2.17. The highest BCUT2D eigenvalue weighted by Gasteiger charge is 2.15. The number of hydrogen-bond acceptors (Lipinski definition) is 1. The van der Waals surface area contributed by atoms with Crippen LogP contribution in [0.3, 0.4) is 0 Å². The number of benzene rings is 1. The number of rotatable bonds is 0. The number of para-hydroxylation sites is 1. The molecule has 14 heavy (non-hydrogen) atoms. The van der Waals surface area contributed by atoms with Gasteiger partial charge in [0.15, 0.2) is 0 Å². The Labute approximate surface area is 83.0 Å². The molecule has 1 aliphatic carbocycles. The second-order valence-electron chi connectivity index (χ2n) is 3.25. The number of ether oxygens (including phenoxy) is 1. The van der Waals surface area contributed by atoms with Crippen LogP contribution in [0.2, 0.25) is 0 Å². The van der Waals surface area contributed by atoms with Crippen molar-refractivity contribution >= 4 is 6.08 Å². The average Bonchev–Trinajstić information content (AvgIpc) is 2.26. The van der Waals surface area contributed by atoms with Crippen molar-refractivity contribution in [2.45, 2.75) is 0 Å². The van der Waals surface area contributed by atoms with Gasteiger partial charge in [-0.2, -0.15) is 0 Å². The topological polar surface area (TPSA) is 9.23 Å². The van der Waals surface area contributed by atoms with Gasteiger partial charge in [0.25, 0.3) is 0 Å². The molecule has 0 N–H and O–H groups in total. The van der Waals surface area contributed by atoms with E-state index in [0.29, 0.717) is 0 Å². The number of allylic oxidation sites excluding steroid dienone is 3. The Morgan fingerprint density at radius 1 is 1.14 bits per heavy atom. The maximum absolute atomic E-state index is 5.71. The molecule has 0 atom stereocenters. The summed E-state index contributed by atoms with van der Waals surface area (Å²) in [4.78, 5) is 0. The summed E-state index contributed by atoms with van der Waals surface area (Å²) in [6.45, 7) is 0. The van der Waals surface area contributed by atoms with Crippen molar-refractivity contribution in [1.29, 1.82) is 0 Å². The molecule has 1 heteroatoms. The van der Waals surface area contributed by atoms with Crippen LogP contribution in [0.1, 0.15) is 5.56 Å². The van der Waals surface area contributed by atoms with Gasteiger partial charge >= 0.3 is 0 Å². The molecule has 0 fully saturated rings. The van der Waals surface area contributed by atoms with Gasteiger partial charge in [0.05, 0.1) is 0 Å². The fraction of sp³-hybridized carbons (Fsp3) is 0. The third-order valence-electron chi connectivity index (χ3n) is 2.31. The smallest absolute Gasteiger partial charge is 0.134 e. The Kier molecular flexibility index (Phi) is 1.57. The summed E-state index contributed by atoms with van der Waals surface area (Å²) >= 11 is 0. The van der Waals surface area contributed by atoms with Crippen LogP contribution >= 0.6 is 0 Å². The van der Waals surface area contributed by atoms with Crippen LogP contribution in [0.25, 0.3) is 6.08 Å². The first-order chi connectivity index (χ1) is 6.93. The Hall–Kier alpha value is -1.76. The molecule has 1 aromatic carbocycles. The second kappa shape index (κ2) is 2.88. The summed E-state index contributed by atoms with van der Waals surface area (Å²) in [7, 11) is 0. The molecule has 3 rings (SSSR count). The predicted octanol–water partition coefficient (Wildman–Crippen LogP) is 3.00. The molecule has 2 aliphatic rings. The van der Waals surface area contributed by atoms with Crippen LogP contribution in [-0.2, 0) is 0 Å². The van der Waals surface area contributed by atoms with E-state index >= 15 is 0 Å². The number of fused-ring (bicyclic) bond motifs is 2. The van der Waals surface area contributed by atoms with Crippen molar-refractivity contribution in [2.75, 3.05) is 0 Å². The van der Waals surface area contributed by atoms with Crippen LogP contribution in [0, 0.1) is 6.42 Å². The monoisotopic (exact) mass is 180 g/mol. The van der Waals surface area contributed by atoms with Crippen molar-refractivity contribution in [1.82, 2.24) is 0 Å². The average molecular weight is 180 g/mol. The van der Waals surface area contributed by atoms with Gasteiger partial charge in [-0.25, -0.2) is 0 Å². The fourth-order valence-electron chi connectivity index (χ4n) is 1.61. The summed E-state index contributed by atoms with van der Waals surface area (Å²) in [6, 6.07) is 8.01. The van der Waals surface area contributed by atoms with E-state index in [4.69, 9.17) is 4.74 Å². The molecule has 1 aliphatic heterocycles. The van der Waals surface area contributed by atoms with E-state index in [1.54, 1.807) is 0 Å². The molecule has 0 bridgehead atoms. The molecule has 0 spiro atoms. The Morgan fingerprint density at radius 2 is 2.07 bits per heavy atom. The zero-order chi connectivity index (χ0) is 9.38. The quantitative estimate of drug-likeness (QED) is 0.596. The van der Waals surface area contributed by atoms with Gasteiger partial charge in [-0.05, 0) is 18.2 Å². The highest BCUT2D eigenvalue weighted by molar-refractivity contribution is 5.70. The SMILES string of the molecule is [C]1C=CC2=Cc3ccccc3OC2=C1. The van der Waals surface area contributed by atoms with Gasteiger partial charge in [-0.3, -0.25) is 0 Å². The van der Waals surface area contributed by atoms with Crippen molar-refractivity contribution < 1.29 is 4.74 Å². The van der Waals surface area contributed by atoms with Gasteiger partial charge in [-0.1, -0.05) is 30.4 Å². The van der Waals surface area contributed by atoms with E-state index in [9.17, 15) is 0 Å². The molecule has 66 valence electrons. The molecule has 0 amide bonds. The van der Waals surface area contributed by atoms with Gasteiger partial charge in [0, 0.05) is 17.6 Å². The maximum atomic E-state index is 5.71. The predicted molar refractivity (Wildman–Crippen MR) is 55.5 cm³/mol. The Bertz CT molecular complexity index is 464. The maximum Gasteiger partial charge on any atom is 0.134 e. The van der Waals surface area contributed by atoms with E-state index in [0.717, 1.165) is 22.6 Å². The summed E-state index contributed by atoms with van der Waals surface area (Å²) in [5.41, 5.74) is 2.24. The summed E-state index contributed by atoms with van der Waals surface area (Å²) in [5, 5.41) is 0. The third kappa shape index (κ3) is 1.10. The second-order valence-corrected chi connectivity index (χ2v) is 3.25. The molecule has 0 unspecified atom stereocenters. The van der Waals surface area contributed by atoms with Crippen molar-refractivity contribution in [3.63, 3.8) is 0 Å². The lowest BCUT2D eigenvalue weighted by atomic mass is 10.0. The lowest BCUT2D eigenvalue weighted by Crippen LogP contribution is -2.05. The highest BCUT2D eigenvalue weighted by Crippen LogP contribution is 2.33. The lowest BCUT2D eigenvalue weighted by molar-refractivity contribution is 0.433. The van der Waals surface area contributed by atoms with Crippen molar-refractivity contribution in [2.24, 2.45) is 0 Å². The zero-order valence-electron chi connectivity index (χ0n) is 7.53. The molecule has 1 nitrogen and oxygen atoms in total. The van der Waals surface area contributed by atoms with E-state index in [-0.39, 0.29) is 0 Å². The Morgan fingerprint density at radius 3 is 3.07 bits per heavy atom. The van der Waals surface area contributed by atoms with E-state index in [1.165, 1.54) is 0 Å². The molecule has 0 saturated carbocycles. The largest absolute Gasteiger partial charge is 0.456 e. The normalized spacial score (nSPS) is 17.4. The van der Waals surface area contributed by atoms with Gasteiger partial charge in [-0.15, -0.1) is 0 Å². The first kappa shape index (κ1) is 7.63. The van der Waals surface area contributed by atoms with Crippen LogP contribution in [0.15, 0.2) is 53.8 Å². The minimum absolute atomic E-state index is 0.881. The molecule has 2 radical (unpaired) electrons. The van der Waals surface area contributed by atoms with Crippen molar-refractivity contribution in [3.05, 3.63) is 65.8 Å². The van der Waals surface area contributed by atoms with Gasteiger partial charge in [0.1, 0.15) is 11.5 Å². The van der Waals surface area contributed by atoms with Crippen LogP contribution in [0.4, 0.5) is 0 Å². The van der Waals surface area contributed by atoms with Gasteiger partial charge in [0.2, 0.25) is 0 Å². The van der Waals surface area contributed by atoms with Crippen LogP contribution < -0.4 is 4.74 Å². The highest BCUT2D eigenvalue weighted by atomic mass is 16.5. The van der Waals surface area contributed by atoms with E-state index in [2.05, 4.69) is 18.6 Å². The van der Waals surface area contributed by atoms with Crippen molar-refractivity contribution in [3.8, 4) is 5.75 Å². The molecular formula is C13H8O. The van der Waals surface area contributed by atoms with E-state index in [1.807, 2.05) is 36.4 Å². The lowest BCUT2D eigenvalue weighted by Gasteiger charge is -2.20. The first-order valence-corrected chi connectivity index (χ1v) is 4.55. The summed E-state index contributed by atoms with van der Waals surface area (Å²) in [6.07, 6.45) is 10.9. The molecule has 1 heterocycles. The molecule has 1 aromatic rings. The standard InChI is InChI=1S/C13H8O/c1-3-7-12-10(5-1)9-11-6-2-4-8-13(11)14-12/h1-3,5-9H. The van der Waals surface area contributed by atoms with Crippen LogP contribution in [-0.4, -0.2) is 0 Å². The van der Waals surface area contributed by atoms with E-state index < -0.39 is 0 Å². The fourth-order valence-corrected chi connectivity index (χ4v) is 1.61. The summed E-state index contributed by atoms with van der Waals surface area (Å²) < 4.78 is 5.71. The molecular weight excluding hydrogens is 172 g/mol. The minimum Gasteiger partial charge on any atom is -0.456 e. The number of hydrogen-bond donors (Lipinski definition) is 0.